The number of amides is 1. The second-order valence-electron chi connectivity index (χ2n) is 5.81. The topological polar surface area (TPSA) is 77.0 Å². The highest BCUT2D eigenvalue weighted by molar-refractivity contribution is 5.94. The number of nitrogens with zero attached hydrogens (tertiary/aromatic N) is 4. The number of aromatic nitrogens is 3. The molecule has 1 aromatic carbocycles. The molecule has 0 spiro atoms. The smallest absolute Gasteiger partial charge is 0.253 e. The van der Waals surface area contributed by atoms with Gasteiger partial charge in [-0.2, -0.15) is 5.10 Å². The molecule has 0 bridgehead atoms. The lowest BCUT2D eigenvalue weighted by atomic mass is 9.96. The molecule has 2 aromatic rings. The van der Waals surface area contributed by atoms with E-state index in [9.17, 15) is 4.79 Å². The molecule has 0 aliphatic carbocycles. The molecule has 1 fully saturated rings. The Balaban J connectivity index is 1.75. The number of likely N-dealkylation sites (tertiary alicyclic amines) is 1. The van der Waals surface area contributed by atoms with E-state index in [1.807, 2.05) is 30.0 Å². The van der Waals surface area contributed by atoms with Crippen molar-refractivity contribution in [2.45, 2.75) is 19.8 Å². The third-order valence-electron chi connectivity index (χ3n) is 4.34. The molecule has 0 atom stereocenters. The van der Waals surface area contributed by atoms with Crippen LogP contribution in [0.3, 0.4) is 0 Å². The van der Waals surface area contributed by atoms with Gasteiger partial charge in [0, 0.05) is 18.7 Å². The predicted molar refractivity (Wildman–Crippen MR) is 83.8 cm³/mol. The standard InChI is InChI=1S/C16H21N5O/c1-12-8-14(2-3-15(12)21-11-18-10-19-21)16(22)20-6-4-13(9-17)5-7-20/h2-3,8,10-11,13H,4-7,9,17H2,1H3. The number of carbonyl (C=O) groups excluding carboxylic acids is 1. The van der Waals surface area contributed by atoms with Crippen molar-refractivity contribution in [3.63, 3.8) is 0 Å². The summed E-state index contributed by atoms with van der Waals surface area (Å²) in [5.41, 5.74) is 8.38. The van der Waals surface area contributed by atoms with Crippen LogP contribution < -0.4 is 5.73 Å². The van der Waals surface area contributed by atoms with Crippen LogP contribution in [-0.2, 0) is 0 Å². The SMILES string of the molecule is Cc1cc(C(=O)N2CCC(CN)CC2)ccc1-n1cncn1. The molecule has 1 aliphatic heterocycles. The second-order valence-corrected chi connectivity index (χ2v) is 5.81. The first-order valence-electron chi connectivity index (χ1n) is 7.64. The molecule has 0 saturated carbocycles. The van der Waals surface area contributed by atoms with Gasteiger partial charge in [-0.25, -0.2) is 9.67 Å². The summed E-state index contributed by atoms with van der Waals surface area (Å²) in [5, 5.41) is 4.13. The van der Waals surface area contributed by atoms with E-state index in [-0.39, 0.29) is 5.91 Å². The van der Waals surface area contributed by atoms with E-state index in [0.717, 1.165) is 42.7 Å². The fourth-order valence-corrected chi connectivity index (χ4v) is 2.93. The Morgan fingerprint density at radius 1 is 1.36 bits per heavy atom. The van der Waals surface area contributed by atoms with E-state index < -0.39 is 0 Å². The summed E-state index contributed by atoms with van der Waals surface area (Å²) >= 11 is 0. The van der Waals surface area contributed by atoms with Crippen molar-refractivity contribution in [3.8, 4) is 5.69 Å². The number of rotatable bonds is 3. The zero-order valence-electron chi connectivity index (χ0n) is 12.8. The fraction of sp³-hybridized carbons (Fsp3) is 0.438. The van der Waals surface area contributed by atoms with Gasteiger partial charge in [0.15, 0.2) is 0 Å². The number of hydrogen-bond acceptors (Lipinski definition) is 4. The van der Waals surface area contributed by atoms with Crippen LogP contribution in [0.15, 0.2) is 30.9 Å². The van der Waals surface area contributed by atoms with Crippen LogP contribution in [0.1, 0.15) is 28.8 Å². The predicted octanol–water partition coefficient (Wildman–Crippen LogP) is 1.39. The quantitative estimate of drug-likeness (QED) is 0.929. The lowest BCUT2D eigenvalue weighted by molar-refractivity contribution is 0.0693. The number of benzene rings is 1. The minimum absolute atomic E-state index is 0.101. The van der Waals surface area contributed by atoms with Gasteiger partial charge in [-0.15, -0.1) is 0 Å². The van der Waals surface area contributed by atoms with Crippen LogP contribution in [0.5, 0.6) is 0 Å². The number of piperidine rings is 1. The maximum Gasteiger partial charge on any atom is 0.253 e. The van der Waals surface area contributed by atoms with Gasteiger partial charge in [0.1, 0.15) is 12.7 Å². The van der Waals surface area contributed by atoms with Gasteiger partial charge in [-0.1, -0.05) is 0 Å². The van der Waals surface area contributed by atoms with Gasteiger partial charge in [0.2, 0.25) is 0 Å². The maximum absolute atomic E-state index is 12.6. The van der Waals surface area contributed by atoms with Crippen LogP contribution in [0, 0.1) is 12.8 Å². The van der Waals surface area contributed by atoms with Crippen molar-refractivity contribution in [1.82, 2.24) is 19.7 Å². The Bertz CT molecular complexity index is 645. The molecule has 22 heavy (non-hydrogen) atoms. The molecule has 6 heteroatoms. The molecule has 0 unspecified atom stereocenters. The first kappa shape index (κ1) is 14.7. The average molecular weight is 299 g/mol. The van der Waals surface area contributed by atoms with Crippen LogP contribution in [-0.4, -0.2) is 45.2 Å². The van der Waals surface area contributed by atoms with E-state index in [1.54, 1.807) is 11.0 Å². The van der Waals surface area contributed by atoms with E-state index >= 15 is 0 Å². The molecule has 2 heterocycles. The largest absolute Gasteiger partial charge is 0.339 e. The molecule has 0 radical (unpaired) electrons. The van der Waals surface area contributed by atoms with Crippen molar-refractivity contribution in [2.75, 3.05) is 19.6 Å². The van der Waals surface area contributed by atoms with Crippen LogP contribution in [0.25, 0.3) is 5.69 Å². The number of carbonyl (C=O) groups is 1. The summed E-state index contributed by atoms with van der Waals surface area (Å²) in [5.74, 6) is 0.657. The highest BCUT2D eigenvalue weighted by Gasteiger charge is 2.23. The Hall–Kier alpha value is -2.21. The number of nitrogens with two attached hydrogens (primary N) is 1. The van der Waals surface area contributed by atoms with E-state index in [4.69, 9.17) is 5.73 Å². The van der Waals surface area contributed by atoms with E-state index in [1.165, 1.54) is 6.33 Å². The van der Waals surface area contributed by atoms with Gasteiger partial charge >= 0.3 is 0 Å². The maximum atomic E-state index is 12.6. The Labute approximate surface area is 129 Å². The van der Waals surface area contributed by atoms with Crippen molar-refractivity contribution < 1.29 is 4.79 Å². The zero-order valence-corrected chi connectivity index (χ0v) is 12.8. The molecule has 1 saturated heterocycles. The lowest BCUT2D eigenvalue weighted by Gasteiger charge is -2.31. The lowest BCUT2D eigenvalue weighted by Crippen LogP contribution is -2.40. The van der Waals surface area contributed by atoms with Gasteiger partial charge in [-0.05, 0) is 56.0 Å². The third kappa shape index (κ3) is 2.87. The minimum atomic E-state index is 0.101. The molecule has 6 nitrogen and oxygen atoms in total. The normalized spacial score (nSPS) is 16.0. The monoisotopic (exact) mass is 299 g/mol. The Morgan fingerprint density at radius 3 is 2.73 bits per heavy atom. The summed E-state index contributed by atoms with van der Waals surface area (Å²) in [6.45, 7) is 4.29. The molecule has 116 valence electrons. The van der Waals surface area contributed by atoms with Crippen molar-refractivity contribution in [3.05, 3.63) is 42.0 Å². The first-order chi connectivity index (χ1) is 10.7. The fourth-order valence-electron chi connectivity index (χ4n) is 2.93. The second kappa shape index (κ2) is 6.27. The number of hydrogen-bond donors (Lipinski definition) is 1. The van der Waals surface area contributed by atoms with Gasteiger partial charge in [0.05, 0.1) is 5.69 Å². The van der Waals surface area contributed by atoms with Crippen molar-refractivity contribution in [1.29, 1.82) is 0 Å². The molecule has 2 N–H and O–H groups in total. The van der Waals surface area contributed by atoms with Gasteiger partial charge in [-0.3, -0.25) is 4.79 Å². The molecular weight excluding hydrogens is 278 g/mol. The molecule has 1 aliphatic rings. The van der Waals surface area contributed by atoms with Gasteiger partial charge in [0.25, 0.3) is 5.91 Å². The molecule has 1 amide bonds. The minimum Gasteiger partial charge on any atom is -0.339 e. The summed E-state index contributed by atoms with van der Waals surface area (Å²) in [4.78, 5) is 18.5. The summed E-state index contributed by atoms with van der Waals surface area (Å²) in [6.07, 6.45) is 5.15. The zero-order chi connectivity index (χ0) is 15.5. The third-order valence-corrected chi connectivity index (χ3v) is 4.34. The highest BCUT2D eigenvalue weighted by Crippen LogP contribution is 2.20. The highest BCUT2D eigenvalue weighted by atomic mass is 16.2. The summed E-state index contributed by atoms with van der Waals surface area (Å²) in [7, 11) is 0. The van der Waals surface area contributed by atoms with Crippen molar-refractivity contribution >= 4 is 5.91 Å². The van der Waals surface area contributed by atoms with Crippen molar-refractivity contribution in [2.24, 2.45) is 11.7 Å². The summed E-state index contributed by atoms with van der Waals surface area (Å²) < 4.78 is 1.70. The average Bonchev–Trinajstić information content (AvgIpc) is 3.08. The Morgan fingerprint density at radius 2 is 2.14 bits per heavy atom. The van der Waals surface area contributed by atoms with E-state index in [0.29, 0.717) is 12.5 Å². The Kier molecular flexibility index (Phi) is 4.20. The van der Waals surface area contributed by atoms with Crippen LogP contribution >= 0.6 is 0 Å². The number of aryl methyl sites for hydroxylation is 1. The van der Waals surface area contributed by atoms with Crippen LogP contribution in [0.2, 0.25) is 0 Å². The summed E-state index contributed by atoms with van der Waals surface area (Å²) in [6, 6.07) is 5.71. The first-order valence-corrected chi connectivity index (χ1v) is 7.64. The van der Waals surface area contributed by atoms with Crippen LogP contribution in [0.4, 0.5) is 0 Å². The molecular formula is C16H21N5O. The van der Waals surface area contributed by atoms with E-state index in [2.05, 4.69) is 10.1 Å². The molecule has 1 aromatic heterocycles. The molecule has 3 rings (SSSR count). The van der Waals surface area contributed by atoms with Gasteiger partial charge < -0.3 is 10.6 Å².